The second-order valence-corrected chi connectivity index (χ2v) is 8.53. The number of hydrogen-bond acceptors (Lipinski definition) is 8. The number of fused-ring (bicyclic) bond motifs is 1. The van der Waals surface area contributed by atoms with E-state index >= 15 is 0 Å². The van der Waals surface area contributed by atoms with E-state index in [1.807, 2.05) is 38.1 Å². The first-order valence-corrected chi connectivity index (χ1v) is 11.5. The Kier molecular flexibility index (Phi) is 7.52. The molecule has 1 aliphatic heterocycles. The zero-order chi connectivity index (χ0) is 21.7. The number of methoxy groups -OCH3 is 1. The molecule has 2 heterocycles. The molecule has 1 aromatic heterocycles. The van der Waals surface area contributed by atoms with E-state index in [-0.39, 0.29) is 10.9 Å². The van der Waals surface area contributed by atoms with Gasteiger partial charge in [-0.1, -0.05) is 30.1 Å². The first-order chi connectivity index (χ1) is 14.5. The van der Waals surface area contributed by atoms with Gasteiger partial charge in [0.25, 0.3) is 5.91 Å². The van der Waals surface area contributed by atoms with E-state index in [0.29, 0.717) is 24.0 Å². The van der Waals surface area contributed by atoms with Crippen LogP contribution in [0.5, 0.6) is 11.5 Å². The van der Waals surface area contributed by atoms with Crippen molar-refractivity contribution in [3.63, 3.8) is 0 Å². The molecule has 0 N–H and O–H groups in total. The SMILES string of the molecule is CCOc1cc2cc(C=CC=C3SCN(C(=S)C(=O)OC)C3=O)sc2cc1OCC. The topological polar surface area (TPSA) is 65.1 Å². The molecule has 2 aromatic rings. The van der Waals surface area contributed by atoms with Crippen LogP contribution in [0.2, 0.25) is 0 Å². The van der Waals surface area contributed by atoms with Crippen molar-refractivity contribution in [3.05, 3.63) is 40.1 Å². The summed E-state index contributed by atoms with van der Waals surface area (Å²) in [5.41, 5.74) is 0. The van der Waals surface area contributed by atoms with Gasteiger partial charge >= 0.3 is 5.97 Å². The Bertz CT molecular complexity index is 998. The highest BCUT2D eigenvalue weighted by atomic mass is 32.2. The number of ether oxygens (including phenoxy) is 3. The van der Waals surface area contributed by atoms with E-state index in [1.165, 1.54) is 23.8 Å². The molecular formula is C21H21NO5S3. The Morgan fingerprint density at radius 3 is 2.57 bits per heavy atom. The number of carbonyl (C=O) groups is 2. The highest BCUT2D eigenvalue weighted by molar-refractivity contribution is 8.04. The third kappa shape index (κ3) is 4.85. The van der Waals surface area contributed by atoms with E-state index in [2.05, 4.69) is 10.8 Å². The zero-order valence-electron chi connectivity index (χ0n) is 16.8. The van der Waals surface area contributed by atoms with Crippen LogP contribution >= 0.6 is 35.3 Å². The van der Waals surface area contributed by atoms with Crippen LogP contribution in [0.15, 0.2) is 35.3 Å². The van der Waals surface area contributed by atoms with E-state index in [4.69, 9.17) is 21.7 Å². The Balaban J connectivity index is 1.77. The highest BCUT2D eigenvalue weighted by Gasteiger charge is 2.32. The van der Waals surface area contributed by atoms with Gasteiger partial charge in [0.1, 0.15) is 0 Å². The van der Waals surface area contributed by atoms with Gasteiger partial charge in [-0.15, -0.1) is 11.3 Å². The van der Waals surface area contributed by atoms with Crippen LogP contribution in [0.25, 0.3) is 16.2 Å². The lowest BCUT2D eigenvalue weighted by atomic mass is 10.2. The van der Waals surface area contributed by atoms with Gasteiger partial charge in [0.15, 0.2) is 16.5 Å². The number of esters is 1. The van der Waals surface area contributed by atoms with Gasteiger partial charge in [0.2, 0.25) is 0 Å². The number of thiophene rings is 1. The maximum atomic E-state index is 12.4. The van der Waals surface area contributed by atoms with Gasteiger partial charge in [0, 0.05) is 15.6 Å². The highest BCUT2D eigenvalue weighted by Crippen LogP contribution is 2.37. The second-order valence-electron chi connectivity index (χ2n) is 6.04. The lowest BCUT2D eigenvalue weighted by Crippen LogP contribution is -2.36. The van der Waals surface area contributed by atoms with Crippen LogP contribution in [0.3, 0.4) is 0 Å². The lowest BCUT2D eigenvalue weighted by Gasteiger charge is -2.12. The van der Waals surface area contributed by atoms with Crippen molar-refractivity contribution >= 4 is 68.3 Å². The number of allylic oxidation sites excluding steroid dienone is 2. The molecule has 1 saturated heterocycles. The largest absolute Gasteiger partial charge is 0.490 e. The fourth-order valence-corrected chi connectivity index (χ4v) is 5.00. The molecule has 0 aliphatic carbocycles. The van der Waals surface area contributed by atoms with Crippen molar-refractivity contribution in [2.24, 2.45) is 0 Å². The summed E-state index contributed by atoms with van der Waals surface area (Å²) in [6.45, 7) is 5.02. The molecule has 0 unspecified atom stereocenters. The number of thiocarbonyl (C=S) groups is 1. The molecule has 0 radical (unpaired) electrons. The average Bonchev–Trinajstić information content (AvgIpc) is 3.30. The Labute approximate surface area is 188 Å². The summed E-state index contributed by atoms with van der Waals surface area (Å²) in [6.07, 6.45) is 5.49. The maximum absolute atomic E-state index is 12.4. The lowest BCUT2D eigenvalue weighted by molar-refractivity contribution is -0.134. The monoisotopic (exact) mass is 463 g/mol. The quantitative estimate of drug-likeness (QED) is 0.352. The fourth-order valence-electron chi connectivity index (χ4n) is 2.77. The van der Waals surface area contributed by atoms with Crippen molar-refractivity contribution in [1.82, 2.24) is 4.90 Å². The van der Waals surface area contributed by atoms with Crippen LogP contribution in [0.1, 0.15) is 18.7 Å². The first-order valence-electron chi connectivity index (χ1n) is 9.27. The molecule has 3 rings (SSSR count). The third-order valence-corrected chi connectivity index (χ3v) is 6.58. The minimum atomic E-state index is -0.682. The van der Waals surface area contributed by atoms with Crippen molar-refractivity contribution < 1.29 is 23.8 Å². The Morgan fingerprint density at radius 2 is 1.90 bits per heavy atom. The molecule has 1 fully saturated rings. The minimum Gasteiger partial charge on any atom is -0.490 e. The van der Waals surface area contributed by atoms with Crippen LogP contribution in [0.4, 0.5) is 0 Å². The summed E-state index contributed by atoms with van der Waals surface area (Å²) >= 11 is 7.96. The smallest absolute Gasteiger partial charge is 0.366 e. The number of hydrogen-bond donors (Lipinski definition) is 0. The number of nitrogens with zero attached hydrogens (tertiary/aromatic N) is 1. The second kappa shape index (κ2) is 10.1. The molecule has 0 bridgehead atoms. The van der Waals surface area contributed by atoms with Crippen molar-refractivity contribution in [2.45, 2.75) is 13.8 Å². The first kappa shape index (κ1) is 22.3. The molecule has 0 spiro atoms. The predicted octanol–water partition coefficient (Wildman–Crippen LogP) is 4.63. The van der Waals surface area contributed by atoms with Gasteiger partial charge in [0.05, 0.1) is 31.1 Å². The zero-order valence-corrected chi connectivity index (χ0v) is 19.2. The van der Waals surface area contributed by atoms with Gasteiger partial charge in [-0.3, -0.25) is 9.69 Å². The number of amides is 1. The van der Waals surface area contributed by atoms with Crippen molar-refractivity contribution in [1.29, 1.82) is 0 Å². The molecular weight excluding hydrogens is 442 g/mol. The molecule has 30 heavy (non-hydrogen) atoms. The van der Waals surface area contributed by atoms with E-state index in [1.54, 1.807) is 17.4 Å². The third-order valence-electron chi connectivity index (χ3n) is 4.12. The summed E-state index contributed by atoms with van der Waals surface area (Å²) in [5.74, 6) is 0.797. The Hall–Kier alpha value is -2.36. The molecule has 0 saturated carbocycles. The van der Waals surface area contributed by atoms with Gasteiger partial charge in [-0.2, -0.15) is 0 Å². The van der Waals surface area contributed by atoms with E-state index in [9.17, 15) is 9.59 Å². The normalized spacial score (nSPS) is 15.4. The summed E-state index contributed by atoms with van der Waals surface area (Å²) in [7, 11) is 1.24. The molecule has 1 aliphatic rings. The summed E-state index contributed by atoms with van der Waals surface area (Å²) in [5, 5.41) is 1.07. The van der Waals surface area contributed by atoms with Gasteiger partial charge in [-0.05, 0) is 43.5 Å². The molecule has 0 atom stereocenters. The van der Waals surface area contributed by atoms with Crippen LogP contribution in [0, 0.1) is 0 Å². The maximum Gasteiger partial charge on any atom is 0.366 e. The van der Waals surface area contributed by atoms with E-state index < -0.39 is 5.97 Å². The summed E-state index contributed by atoms with van der Waals surface area (Å²) in [6, 6.07) is 6.04. The van der Waals surface area contributed by atoms with Gasteiger partial charge < -0.3 is 14.2 Å². The predicted molar refractivity (Wildman–Crippen MR) is 125 cm³/mol. The van der Waals surface area contributed by atoms with E-state index in [0.717, 1.165) is 26.5 Å². The van der Waals surface area contributed by atoms with Crippen LogP contribution in [-0.4, -0.2) is 48.0 Å². The number of carbonyl (C=O) groups excluding carboxylic acids is 2. The van der Waals surface area contributed by atoms with Crippen molar-refractivity contribution in [3.8, 4) is 11.5 Å². The fraction of sp³-hybridized carbons (Fsp3) is 0.286. The van der Waals surface area contributed by atoms with Gasteiger partial charge in [-0.25, -0.2) is 4.79 Å². The van der Waals surface area contributed by atoms with Crippen LogP contribution < -0.4 is 9.47 Å². The number of thioether (sulfide) groups is 1. The van der Waals surface area contributed by atoms with Crippen LogP contribution in [-0.2, 0) is 14.3 Å². The standard InChI is InChI=1S/C21H21NO5S3/c1-4-26-15-10-13-9-14(30-18(13)11-16(15)27-5-2)7-6-8-17-19(23)22(12-29-17)20(28)21(24)25-3/h6-11H,4-5,12H2,1-3H3. The molecule has 6 nitrogen and oxygen atoms in total. The number of benzene rings is 1. The molecule has 1 aromatic carbocycles. The molecule has 1 amide bonds. The van der Waals surface area contributed by atoms with Crippen molar-refractivity contribution in [2.75, 3.05) is 26.2 Å². The molecule has 158 valence electrons. The average molecular weight is 464 g/mol. The number of rotatable bonds is 6. The molecule has 9 heteroatoms. The summed E-state index contributed by atoms with van der Waals surface area (Å²) in [4.78, 5) is 26.7. The Morgan fingerprint density at radius 1 is 1.20 bits per heavy atom. The summed E-state index contributed by atoms with van der Waals surface area (Å²) < 4.78 is 17.1. The minimum absolute atomic E-state index is 0.123.